The summed E-state index contributed by atoms with van der Waals surface area (Å²) in [5.41, 5.74) is 8.71. The number of nitrogens with two attached hydrogens (primary N) is 1. The monoisotopic (exact) mass is 367 g/mol. The summed E-state index contributed by atoms with van der Waals surface area (Å²) in [5.74, 6) is 0. The molecule has 0 spiro atoms. The maximum atomic E-state index is 6.34. The van der Waals surface area contributed by atoms with Gasteiger partial charge in [0, 0.05) is 23.5 Å². The molecule has 1 aliphatic rings. The number of nitrogens with zero attached hydrogens (tertiary/aromatic N) is 2. The number of thiophene rings is 1. The van der Waals surface area contributed by atoms with Crippen molar-refractivity contribution in [3.63, 3.8) is 0 Å². The highest BCUT2D eigenvalue weighted by Crippen LogP contribution is 2.32. The molecule has 2 N–H and O–H groups in total. The molecule has 3 rings (SSSR count). The van der Waals surface area contributed by atoms with Crippen molar-refractivity contribution in [1.82, 2.24) is 9.78 Å². The number of rotatable bonds is 4. The van der Waals surface area contributed by atoms with Crippen molar-refractivity contribution in [2.45, 2.75) is 57.5 Å². The van der Waals surface area contributed by atoms with E-state index in [4.69, 9.17) is 10.8 Å². The van der Waals surface area contributed by atoms with Crippen LogP contribution in [-0.2, 0) is 6.42 Å². The maximum Gasteiger partial charge on any atom is 0.0731 e. The lowest BCUT2D eigenvalue weighted by Gasteiger charge is -2.21. The zero-order valence-corrected chi connectivity index (χ0v) is 14.8. The smallest absolute Gasteiger partial charge is 0.0731 e. The minimum atomic E-state index is 0.0368. The lowest BCUT2D eigenvalue weighted by molar-refractivity contribution is 0.328. The molecular formula is C16H22BrN3S. The van der Waals surface area contributed by atoms with Gasteiger partial charge in [-0.25, -0.2) is 0 Å². The molecule has 1 aliphatic carbocycles. The number of hydrogen-bond donors (Lipinski definition) is 1. The molecule has 1 atom stereocenters. The summed E-state index contributed by atoms with van der Waals surface area (Å²) in [7, 11) is 0. The fraction of sp³-hybridized carbons (Fsp3) is 0.562. The third-order valence-corrected chi connectivity index (χ3v) is 6.55. The number of aryl methyl sites for hydroxylation is 1. The lowest BCUT2D eigenvalue weighted by atomic mass is 9.96. The van der Waals surface area contributed by atoms with Gasteiger partial charge in [-0.15, -0.1) is 11.3 Å². The van der Waals surface area contributed by atoms with Gasteiger partial charge in [-0.3, -0.25) is 4.68 Å². The van der Waals surface area contributed by atoms with E-state index in [1.807, 2.05) is 0 Å². The van der Waals surface area contributed by atoms with Crippen LogP contribution in [0, 0.1) is 6.92 Å². The molecule has 0 bridgehead atoms. The summed E-state index contributed by atoms with van der Waals surface area (Å²) in [4.78, 5) is 1.23. The third kappa shape index (κ3) is 3.58. The van der Waals surface area contributed by atoms with Crippen LogP contribution >= 0.6 is 27.3 Å². The molecule has 3 nitrogen and oxygen atoms in total. The Morgan fingerprint density at radius 3 is 2.86 bits per heavy atom. The fourth-order valence-corrected chi connectivity index (χ4v) is 4.60. The second-order valence-corrected chi connectivity index (χ2v) is 8.40. The highest BCUT2D eigenvalue weighted by atomic mass is 79.9. The fourth-order valence-electron chi connectivity index (χ4n) is 3.03. The molecule has 2 aromatic rings. The summed E-state index contributed by atoms with van der Waals surface area (Å²) in [6.07, 6.45) is 9.53. The van der Waals surface area contributed by atoms with Gasteiger partial charge in [0.05, 0.1) is 15.5 Å². The molecule has 21 heavy (non-hydrogen) atoms. The number of hydrogen-bond acceptors (Lipinski definition) is 3. The van der Waals surface area contributed by atoms with Crippen LogP contribution < -0.4 is 5.73 Å². The van der Waals surface area contributed by atoms with Gasteiger partial charge in [0.2, 0.25) is 0 Å². The van der Waals surface area contributed by atoms with E-state index in [1.165, 1.54) is 46.3 Å². The third-order valence-electron chi connectivity index (χ3n) is 4.28. The Bertz CT molecular complexity index is 579. The first-order valence-electron chi connectivity index (χ1n) is 7.69. The molecule has 2 heterocycles. The quantitative estimate of drug-likeness (QED) is 0.845. The van der Waals surface area contributed by atoms with E-state index in [1.54, 1.807) is 11.3 Å². The van der Waals surface area contributed by atoms with Crippen molar-refractivity contribution in [3.05, 3.63) is 38.3 Å². The lowest BCUT2D eigenvalue weighted by Crippen LogP contribution is -2.15. The van der Waals surface area contributed by atoms with Gasteiger partial charge in [0.25, 0.3) is 0 Å². The molecular weight excluding hydrogens is 346 g/mol. The van der Waals surface area contributed by atoms with Gasteiger partial charge < -0.3 is 5.73 Å². The van der Waals surface area contributed by atoms with E-state index in [2.05, 4.69) is 45.9 Å². The van der Waals surface area contributed by atoms with Crippen LogP contribution in [0.3, 0.4) is 0 Å². The molecule has 1 saturated carbocycles. The minimum absolute atomic E-state index is 0.0368. The van der Waals surface area contributed by atoms with E-state index >= 15 is 0 Å². The topological polar surface area (TPSA) is 43.8 Å². The normalized spacial score (nSPS) is 18.0. The molecule has 0 amide bonds. The van der Waals surface area contributed by atoms with Crippen molar-refractivity contribution in [3.8, 4) is 0 Å². The maximum absolute atomic E-state index is 6.34. The molecule has 0 saturated heterocycles. The summed E-state index contributed by atoms with van der Waals surface area (Å²) in [6, 6.07) is 4.94. The molecule has 114 valence electrons. The zero-order chi connectivity index (χ0) is 14.8. The van der Waals surface area contributed by atoms with Crippen LogP contribution in [0.15, 0.2) is 22.1 Å². The summed E-state index contributed by atoms with van der Waals surface area (Å²) >= 11 is 5.30. The average molecular weight is 368 g/mol. The zero-order valence-electron chi connectivity index (χ0n) is 12.4. The van der Waals surface area contributed by atoms with Crippen LogP contribution in [-0.4, -0.2) is 9.78 Å². The van der Waals surface area contributed by atoms with Crippen molar-refractivity contribution in [2.24, 2.45) is 5.73 Å². The second kappa shape index (κ2) is 6.63. The molecule has 0 aliphatic heterocycles. The SMILES string of the molecule is Cc1cc(C(N)Cc2ccn(C3CCCCC3)n2)sc1Br. The largest absolute Gasteiger partial charge is 0.323 e. The summed E-state index contributed by atoms with van der Waals surface area (Å²) < 4.78 is 3.34. The Kier molecular flexibility index (Phi) is 4.82. The first kappa shape index (κ1) is 15.3. The van der Waals surface area contributed by atoms with Gasteiger partial charge in [-0.1, -0.05) is 19.3 Å². The van der Waals surface area contributed by atoms with Gasteiger partial charge in [-0.05, 0) is 53.4 Å². The minimum Gasteiger partial charge on any atom is -0.323 e. The van der Waals surface area contributed by atoms with E-state index in [0.717, 1.165) is 12.1 Å². The Hall–Kier alpha value is -0.650. The Morgan fingerprint density at radius 1 is 1.43 bits per heavy atom. The van der Waals surface area contributed by atoms with E-state index < -0.39 is 0 Å². The van der Waals surface area contributed by atoms with Crippen LogP contribution in [0.2, 0.25) is 0 Å². The molecule has 0 radical (unpaired) electrons. The van der Waals surface area contributed by atoms with Gasteiger partial charge in [-0.2, -0.15) is 5.10 Å². The molecule has 0 aromatic carbocycles. The average Bonchev–Trinajstić information content (AvgIpc) is 3.08. The Balaban J connectivity index is 1.66. The first-order valence-corrected chi connectivity index (χ1v) is 9.30. The molecule has 1 fully saturated rings. The predicted molar refractivity (Wildman–Crippen MR) is 91.7 cm³/mol. The van der Waals surface area contributed by atoms with E-state index in [9.17, 15) is 0 Å². The van der Waals surface area contributed by atoms with Gasteiger partial charge in [0.15, 0.2) is 0 Å². The molecule has 1 unspecified atom stereocenters. The molecule has 5 heteroatoms. The van der Waals surface area contributed by atoms with Crippen molar-refractivity contribution in [2.75, 3.05) is 0 Å². The van der Waals surface area contributed by atoms with Gasteiger partial charge in [0.1, 0.15) is 0 Å². The Labute approximate surface area is 138 Å². The summed E-state index contributed by atoms with van der Waals surface area (Å²) in [6.45, 7) is 2.11. The Morgan fingerprint density at radius 2 is 2.19 bits per heavy atom. The number of aromatic nitrogens is 2. The van der Waals surface area contributed by atoms with Crippen LogP contribution in [0.4, 0.5) is 0 Å². The van der Waals surface area contributed by atoms with Crippen molar-refractivity contribution < 1.29 is 0 Å². The van der Waals surface area contributed by atoms with Crippen LogP contribution in [0.1, 0.15) is 60.3 Å². The van der Waals surface area contributed by atoms with E-state index in [0.29, 0.717) is 6.04 Å². The van der Waals surface area contributed by atoms with Crippen LogP contribution in [0.5, 0.6) is 0 Å². The summed E-state index contributed by atoms with van der Waals surface area (Å²) in [5, 5.41) is 4.76. The van der Waals surface area contributed by atoms with E-state index in [-0.39, 0.29) is 6.04 Å². The predicted octanol–water partition coefficient (Wildman–Crippen LogP) is 4.76. The van der Waals surface area contributed by atoms with Crippen molar-refractivity contribution in [1.29, 1.82) is 0 Å². The first-order chi connectivity index (χ1) is 10.1. The standard InChI is InChI=1S/C16H22BrN3S/c1-11-9-15(21-16(11)17)14(18)10-12-7-8-20(19-12)13-5-3-2-4-6-13/h7-9,13-14H,2-6,10,18H2,1H3. The molecule has 2 aromatic heterocycles. The highest BCUT2D eigenvalue weighted by Gasteiger charge is 2.17. The van der Waals surface area contributed by atoms with Crippen molar-refractivity contribution >= 4 is 27.3 Å². The highest BCUT2D eigenvalue weighted by molar-refractivity contribution is 9.11. The van der Waals surface area contributed by atoms with Gasteiger partial charge >= 0.3 is 0 Å². The second-order valence-electron chi connectivity index (χ2n) is 6.00. The number of halogens is 1. The van der Waals surface area contributed by atoms with Crippen LogP contribution in [0.25, 0.3) is 0 Å².